The first-order valence-electron chi connectivity index (χ1n) is 21.5. The molecule has 1 unspecified atom stereocenters. The number of fused-ring (bicyclic) bond motifs is 1. The van der Waals surface area contributed by atoms with Crippen LogP contribution in [0.3, 0.4) is 0 Å². The Morgan fingerprint density at radius 3 is 2.34 bits per heavy atom. The smallest absolute Gasteiger partial charge is 0.408 e. The molecule has 19 heteroatoms. The summed E-state index contributed by atoms with van der Waals surface area (Å²) >= 11 is 1.22. The highest BCUT2D eigenvalue weighted by molar-refractivity contribution is 7.91. The molecular weight excluding hydrogens is 863 g/mol. The summed E-state index contributed by atoms with van der Waals surface area (Å²) in [5.74, 6) is -1.66. The molecule has 2 aliphatic rings. The van der Waals surface area contributed by atoms with E-state index in [0.29, 0.717) is 58.2 Å². The van der Waals surface area contributed by atoms with Gasteiger partial charge in [0, 0.05) is 36.2 Å². The van der Waals surface area contributed by atoms with Crippen LogP contribution < -0.4 is 30.1 Å². The number of thiazole rings is 1. The zero-order chi connectivity index (χ0) is 47.4. The molecule has 1 saturated carbocycles. The van der Waals surface area contributed by atoms with Gasteiger partial charge in [0.15, 0.2) is 5.13 Å². The topological polar surface area (TPSA) is 224 Å². The van der Waals surface area contributed by atoms with Crippen LogP contribution in [0.15, 0.2) is 55.0 Å². The molecule has 350 valence electrons. The zero-order valence-electron chi connectivity index (χ0n) is 38.1. The van der Waals surface area contributed by atoms with Crippen molar-refractivity contribution in [3.05, 3.63) is 55.0 Å². The predicted octanol–water partition coefficient (Wildman–Crippen LogP) is 6.79. The molecule has 1 aromatic carbocycles. The third kappa shape index (κ3) is 14.0. The minimum absolute atomic E-state index is 0.0547. The number of hydrogen-bond donors (Lipinski definition) is 4. The summed E-state index contributed by atoms with van der Waals surface area (Å²) in [6.07, 6.45) is 5.37. The van der Waals surface area contributed by atoms with Gasteiger partial charge in [0.1, 0.15) is 46.5 Å². The van der Waals surface area contributed by atoms with Crippen molar-refractivity contribution < 1.29 is 46.6 Å². The van der Waals surface area contributed by atoms with Crippen molar-refractivity contribution in [1.29, 1.82) is 0 Å². The van der Waals surface area contributed by atoms with Crippen LogP contribution in [0, 0.1) is 0 Å². The average Bonchev–Trinajstić information content (AvgIpc) is 3.87. The predicted molar refractivity (Wildman–Crippen MR) is 247 cm³/mol. The van der Waals surface area contributed by atoms with Crippen LogP contribution in [0.25, 0.3) is 22.3 Å². The molecule has 2 fully saturated rings. The van der Waals surface area contributed by atoms with Crippen molar-refractivity contribution in [3.63, 3.8) is 0 Å². The Morgan fingerprint density at radius 1 is 1.00 bits per heavy atom. The molecule has 1 aliphatic carbocycles. The molecule has 0 radical (unpaired) electrons. The number of anilines is 1. The summed E-state index contributed by atoms with van der Waals surface area (Å²) in [5.41, 5.74) is -1.26. The number of unbranched alkanes of at least 4 members (excludes halogenated alkanes) is 3. The number of carbonyl (C=O) groups is 5. The third-order valence-electron chi connectivity index (χ3n) is 10.2. The number of sulfonamides is 1. The van der Waals surface area contributed by atoms with E-state index >= 15 is 0 Å². The first-order chi connectivity index (χ1) is 30.2. The number of benzene rings is 1. The lowest BCUT2D eigenvalue weighted by Crippen LogP contribution is -2.61. The van der Waals surface area contributed by atoms with Gasteiger partial charge in [-0.25, -0.2) is 23.2 Å². The van der Waals surface area contributed by atoms with Crippen LogP contribution in [0.1, 0.15) is 106 Å². The molecule has 4 atom stereocenters. The van der Waals surface area contributed by atoms with Crippen molar-refractivity contribution in [1.82, 2.24) is 30.2 Å². The number of ether oxygens (including phenoxy) is 3. The second-order valence-electron chi connectivity index (χ2n) is 16.7. The second-order valence-corrected chi connectivity index (χ2v) is 19.5. The second kappa shape index (κ2) is 22.4. The Labute approximate surface area is 380 Å². The van der Waals surface area contributed by atoms with Crippen LogP contribution in [0.4, 0.5) is 9.93 Å². The van der Waals surface area contributed by atoms with Crippen molar-refractivity contribution in [2.45, 2.75) is 141 Å². The van der Waals surface area contributed by atoms with Gasteiger partial charge in [0.05, 0.1) is 30.1 Å². The van der Waals surface area contributed by atoms with E-state index < -0.39 is 68.4 Å². The summed E-state index contributed by atoms with van der Waals surface area (Å²) in [7, 11) is -2.45. The third-order valence-corrected chi connectivity index (χ3v) is 12.8. The maximum absolute atomic E-state index is 14.7. The lowest BCUT2D eigenvalue weighted by Gasteiger charge is -2.33. The summed E-state index contributed by atoms with van der Waals surface area (Å²) in [5, 5.41) is 10.1. The number of methoxy groups -OCH3 is 1. The molecule has 5 rings (SSSR count). The SMILES string of the molecule is C=CCCCCC[C@H](NC(=O)OC(C)(C)C)C(=O)N1CC(Oc2cc(-c3csc(NC(C)=O)n3)nc3cc(OC)ccc23)C[C@H]1C(=O)N[C@](C)(CC=C)C(=O)NS(=O)(=O)C1CC1.CC. The molecule has 3 heterocycles. The van der Waals surface area contributed by atoms with Crippen LogP contribution in [-0.2, 0) is 33.9 Å². The fourth-order valence-corrected chi connectivity index (χ4v) is 9.11. The van der Waals surface area contributed by atoms with Crippen molar-refractivity contribution in [2.24, 2.45) is 0 Å². The van der Waals surface area contributed by atoms with E-state index in [1.165, 1.54) is 43.3 Å². The van der Waals surface area contributed by atoms with E-state index in [1.807, 2.05) is 19.9 Å². The Kier molecular flexibility index (Phi) is 17.9. The van der Waals surface area contributed by atoms with Crippen LogP contribution in [0.2, 0.25) is 0 Å². The van der Waals surface area contributed by atoms with Gasteiger partial charge in [-0.3, -0.25) is 23.9 Å². The van der Waals surface area contributed by atoms with E-state index in [2.05, 4.69) is 38.8 Å². The standard InChI is InChI=1S/C43H57N7O10S2.C2H6/c1-9-11-12-13-14-15-31(47-41(55)60-42(4,5)6)38(53)50-24-28(22-35(50)37(52)48-43(7,20-10-2)39(54)49-62(56,57)29-17-18-29)59-36-23-33(34-25-61-40(46-34)44-26(3)51)45-32-21-27(58-8)16-19-30(32)36;1-2/h9-10,16,19,21,23,25,28-29,31,35H,1-2,11-15,17-18,20,22,24H2,3-8H3,(H,47,55)(H,48,52)(H,49,54)(H,44,46,51);1-2H3/t28?,31-,35-,43+;/m0./s1. The van der Waals surface area contributed by atoms with Crippen LogP contribution in [0.5, 0.6) is 11.5 Å². The lowest BCUT2D eigenvalue weighted by atomic mass is 9.96. The Balaban J connectivity index is 0.00000442. The number of nitrogens with zero attached hydrogens (tertiary/aromatic N) is 3. The molecule has 0 spiro atoms. The van der Waals surface area contributed by atoms with Crippen molar-refractivity contribution in [2.75, 3.05) is 19.0 Å². The Hall–Kier alpha value is -5.56. The number of likely N-dealkylation sites (tertiary alicyclic amines) is 1. The number of carbonyl (C=O) groups excluding carboxylic acids is 5. The highest BCUT2D eigenvalue weighted by atomic mass is 32.2. The molecule has 17 nitrogen and oxygen atoms in total. The van der Waals surface area contributed by atoms with Gasteiger partial charge in [-0.05, 0) is 78.4 Å². The molecule has 4 N–H and O–H groups in total. The van der Waals surface area contributed by atoms with Gasteiger partial charge >= 0.3 is 6.09 Å². The van der Waals surface area contributed by atoms with E-state index in [1.54, 1.807) is 50.4 Å². The fraction of sp³-hybridized carbons (Fsp3) is 0.533. The molecule has 5 amide bonds. The van der Waals surface area contributed by atoms with Crippen molar-refractivity contribution >= 4 is 67.1 Å². The van der Waals surface area contributed by atoms with Crippen LogP contribution in [-0.4, -0.2) is 101 Å². The molecule has 1 aliphatic heterocycles. The number of allylic oxidation sites excluding steroid dienone is 1. The Bertz CT molecular complexity index is 2290. The summed E-state index contributed by atoms with van der Waals surface area (Å²) in [4.78, 5) is 78.4. The number of rotatable bonds is 20. The number of aromatic nitrogens is 2. The first-order valence-corrected chi connectivity index (χ1v) is 24.0. The first kappa shape index (κ1) is 51.1. The zero-order valence-corrected chi connectivity index (χ0v) is 39.7. The highest BCUT2D eigenvalue weighted by Gasteiger charge is 2.47. The molecule has 1 saturated heterocycles. The molecule has 0 bridgehead atoms. The lowest BCUT2D eigenvalue weighted by molar-refractivity contribution is -0.142. The maximum atomic E-state index is 14.7. The van der Waals surface area contributed by atoms with Crippen LogP contribution >= 0.6 is 11.3 Å². The van der Waals surface area contributed by atoms with Gasteiger partial charge in [-0.2, -0.15) is 0 Å². The number of pyridine rings is 1. The summed E-state index contributed by atoms with van der Waals surface area (Å²) < 4.78 is 45.4. The van der Waals surface area contributed by atoms with E-state index in [-0.39, 0.29) is 31.7 Å². The van der Waals surface area contributed by atoms with Gasteiger partial charge in [0.25, 0.3) is 5.91 Å². The highest BCUT2D eigenvalue weighted by Crippen LogP contribution is 2.36. The quantitative estimate of drug-likeness (QED) is 0.0679. The monoisotopic (exact) mass is 925 g/mol. The average molecular weight is 926 g/mol. The van der Waals surface area contributed by atoms with Gasteiger partial charge in [-0.1, -0.05) is 38.8 Å². The number of alkyl carbamates (subject to hydrolysis) is 1. The van der Waals surface area contributed by atoms with E-state index in [9.17, 15) is 32.4 Å². The minimum atomic E-state index is -3.97. The van der Waals surface area contributed by atoms with Gasteiger partial charge < -0.3 is 35.1 Å². The summed E-state index contributed by atoms with van der Waals surface area (Å²) in [6.45, 7) is 19.3. The minimum Gasteiger partial charge on any atom is -0.497 e. The maximum Gasteiger partial charge on any atom is 0.408 e. The molecule has 2 aromatic heterocycles. The molecule has 64 heavy (non-hydrogen) atoms. The summed E-state index contributed by atoms with van der Waals surface area (Å²) in [6, 6.07) is 4.59. The normalized spacial score (nSPS) is 17.4. The van der Waals surface area contributed by atoms with Crippen molar-refractivity contribution in [3.8, 4) is 22.9 Å². The number of amides is 5. The van der Waals surface area contributed by atoms with E-state index in [0.717, 1.165) is 19.3 Å². The number of nitrogens with one attached hydrogen (secondary N) is 4. The largest absolute Gasteiger partial charge is 0.497 e. The van der Waals surface area contributed by atoms with E-state index in [4.69, 9.17) is 19.2 Å². The Morgan fingerprint density at radius 2 is 1.72 bits per heavy atom. The molecular formula is C45H63N7O10S2. The van der Waals surface area contributed by atoms with Gasteiger partial charge in [0.2, 0.25) is 27.7 Å². The molecule has 3 aromatic rings. The fourth-order valence-electron chi connectivity index (χ4n) is 6.96. The number of hydrogen-bond acceptors (Lipinski definition) is 13. The van der Waals surface area contributed by atoms with Gasteiger partial charge in [-0.15, -0.1) is 24.5 Å².